The third kappa shape index (κ3) is 8.39. The number of aliphatic hydroxyl groups is 1. The molecule has 2 bridgehead atoms. The number of carbonyl (C=O) groups excluding carboxylic acids is 3. The lowest BCUT2D eigenvalue weighted by Crippen LogP contribution is -2.60. The van der Waals surface area contributed by atoms with E-state index in [2.05, 4.69) is 16.8 Å². The van der Waals surface area contributed by atoms with Crippen LogP contribution in [0.5, 0.6) is 0 Å². The molecule has 13 nitrogen and oxygen atoms in total. The molecule has 0 aliphatic carbocycles. The zero-order valence-corrected chi connectivity index (χ0v) is 35.4. The van der Waals surface area contributed by atoms with Gasteiger partial charge >= 0.3 is 12.1 Å². The Hall–Kier alpha value is -4.00. The molecular weight excluding hydrogens is 748 g/mol. The van der Waals surface area contributed by atoms with Crippen molar-refractivity contribution in [3.63, 3.8) is 0 Å². The highest BCUT2D eigenvalue weighted by molar-refractivity contribution is 6.00. The highest BCUT2D eigenvalue weighted by atomic mass is 19.1. The molecular formula is C44H59FN4O9. The minimum absolute atomic E-state index is 0.107. The summed E-state index contributed by atoms with van der Waals surface area (Å²) in [6.07, 6.45) is -2.20. The topological polar surface area (TPSA) is 149 Å². The van der Waals surface area contributed by atoms with Gasteiger partial charge in [0.15, 0.2) is 17.7 Å². The quantitative estimate of drug-likeness (QED) is 0.234. The minimum atomic E-state index is -1.30. The first kappa shape index (κ1) is 43.6. The van der Waals surface area contributed by atoms with Crippen LogP contribution in [0.1, 0.15) is 80.2 Å². The second-order valence-corrected chi connectivity index (χ2v) is 17.2. The number of esters is 1. The third-order valence-corrected chi connectivity index (χ3v) is 12.7. The molecule has 4 aliphatic heterocycles. The average Bonchev–Trinajstić information content (AvgIpc) is 3.30. The molecule has 3 fully saturated rings. The summed E-state index contributed by atoms with van der Waals surface area (Å²) in [4.78, 5) is 55.0. The van der Waals surface area contributed by atoms with Crippen LogP contribution in [0.15, 0.2) is 35.5 Å². The van der Waals surface area contributed by atoms with Crippen molar-refractivity contribution in [2.75, 3.05) is 33.8 Å². The molecule has 316 valence electrons. The lowest BCUT2D eigenvalue weighted by Gasteiger charge is -2.47. The molecule has 1 N–H and O–H groups in total. The Labute approximate surface area is 341 Å². The molecule has 5 heterocycles. The van der Waals surface area contributed by atoms with Gasteiger partial charge in [-0.3, -0.25) is 24.5 Å². The lowest BCUT2D eigenvalue weighted by molar-refractivity contribution is -0.296. The first-order valence-electron chi connectivity index (χ1n) is 20.5. The van der Waals surface area contributed by atoms with Gasteiger partial charge in [0, 0.05) is 47.3 Å². The number of benzene rings is 1. The van der Waals surface area contributed by atoms with E-state index in [1.54, 1.807) is 36.9 Å². The monoisotopic (exact) mass is 806 g/mol. The van der Waals surface area contributed by atoms with Crippen LogP contribution in [-0.2, 0) is 33.3 Å². The Kier molecular flexibility index (Phi) is 13.0. The Morgan fingerprint density at radius 2 is 1.84 bits per heavy atom. The van der Waals surface area contributed by atoms with Crippen molar-refractivity contribution in [1.29, 1.82) is 0 Å². The number of amides is 1. The van der Waals surface area contributed by atoms with Gasteiger partial charge in [-0.25, -0.2) is 9.18 Å². The number of aliphatic hydroxyl groups excluding tert-OH is 1. The highest BCUT2D eigenvalue weighted by Gasteiger charge is 2.60. The van der Waals surface area contributed by atoms with E-state index in [0.717, 1.165) is 5.71 Å². The molecule has 1 aromatic carbocycles. The molecule has 13 atom stereocenters. The fourth-order valence-corrected chi connectivity index (χ4v) is 9.78. The van der Waals surface area contributed by atoms with Gasteiger partial charge in [0.05, 0.1) is 30.4 Å². The first-order valence-corrected chi connectivity index (χ1v) is 20.5. The van der Waals surface area contributed by atoms with Crippen LogP contribution >= 0.6 is 0 Å². The second-order valence-electron chi connectivity index (χ2n) is 17.2. The fraction of sp³-hybridized carbons (Fsp3) is 0.659. The average molecular weight is 807 g/mol. The van der Waals surface area contributed by atoms with Gasteiger partial charge in [0.25, 0.3) is 0 Å². The van der Waals surface area contributed by atoms with Crippen LogP contribution < -0.4 is 0 Å². The van der Waals surface area contributed by atoms with E-state index in [1.807, 2.05) is 53.6 Å². The summed E-state index contributed by atoms with van der Waals surface area (Å²) in [5.74, 6) is 1.74. The molecule has 0 spiro atoms. The Bertz CT molecular complexity index is 1970. The Morgan fingerprint density at radius 1 is 1.10 bits per heavy atom. The van der Waals surface area contributed by atoms with Crippen molar-refractivity contribution in [2.45, 2.75) is 129 Å². The van der Waals surface area contributed by atoms with Crippen molar-refractivity contribution >= 4 is 34.5 Å². The van der Waals surface area contributed by atoms with Crippen LogP contribution in [0, 0.1) is 41.3 Å². The van der Waals surface area contributed by atoms with Crippen molar-refractivity contribution in [2.24, 2.45) is 28.7 Å². The number of fused-ring (bicyclic) bond motifs is 2. The maximum Gasteiger partial charge on any atom is 0.410 e. The maximum absolute atomic E-state index is 14.6. The van der Waals surface area contributed by atoms with Crippen molar-refractivity contribution in [3.8, 4) is 11.8 Å². The van der Waals surface area contributed by atoms with Crippen LogP contribution in [0.2, 0.25) is 0 Å². The highest BCUT2D eigenvalue weighted by Crippen LogP contribution is 2.44. The summed E-state index contributed by atoms with van der Waals surface area (Å²) in [5, 5.41) is 12.3. The number of halogens is 1. The van der Waals surface area contributed by atoms with Gasteiger partial charge in [0.2, 0.25) is 0 Å². The van der Waals surface area contributed by atoms with E-state index in [-0.39, 0.29) is 42.5 Å². The van der Waals surface area contributed by atoms with Crippen molar-refractivity contribution in [3.05, 3.63) is 41.8 Å². The number of hydrogen-bond acceptors (Lipinski definition) is 12. The van der Waals surface area contributed by atoms with Crippen LogP contribution in [0.3, 0.4) is 0 Å². The molecule has 1 amide bonds. The molecule has 0 radical (unpaired) electrons. The molecule has 1 aromatic heterocycles. The fourth-order valence-electron chi connectivity index (χ4n) is 9.78. The number of aliphatic imine (C=N–C) groups is 1. The largest absolute Gasteiger partial charge is 0.458 e. The minimum Gasteiger partial charge on any atom is -0.458 e. The van der Waals surface area contributed by atoms with E-state index in [1.165, 1.54) is 19.2 Å². The van der Waals surface area contributed by atoms with E-state index in [9.17, 15) is 23.9 Å². The standard InChI is InChI=1S/C44H59FN4O9/c1-11-33-44(8)38-26(4)34(46-17-18-49(38)42(53)58-44)24(2)22-43(7,54-19-13-14-29-21-30-15-12-16-31(45)35(30)47-23-29)39(27(5)36(50)28(6)40(52)56-33)57-41-37(51)32(48(9)10)20-25(3)55-41/h12,15-16,21,23-28,32-33,37-39,41,51H,11,17-20,22H2,1-10H3/t24-,25-,26+,27+,28-,32+,33-,37-,38-,39-,41+,43+,44-/m1/s1. The number of rotatable bonds is 6. The molecule has 14 heteroatoms. The number of carbonyl (C=O) groups is 3. The zero-order valence-electron chi connectivity index (χ0n) is 35.4. The maximum atomic E-state index is 14.6. The van der Waals surface area contributed by atoms with E-state index in [4.69, 9.17) is 28.7 Å². The molecule has 0 saturated carbocycles. The summed E-state index contributed by atoms with van der Waals surface area (Å²) in [7, 11) is 3.76. The van der Waals surface area contributed by atoms with Crippen LogP contribution in [0.25, 0.3) is 10.9 Å². The number of ketones is 1. The molecule has 2 aromatic rings. The van der Waals surface area contributed by atoms with E-state index in [0.29, 0.717) is 36.9 Å². The predicted molar refractivity (Wildman–Crippen MR) is 214 cm³/mol. The van der Waals surface area contributed by atoms with Gasteiger partial charge in [-0.15, -0.1) is 0 Å². The number of aromatic nitrogens is 1. The van der Waals surface area contributed by atoms with Gasteiger partial charge < -0.3 is 33.7 Å². The normalized spacial score (nSPS) is 37.3. The smallest absolute Gasteiger partial charge is 0.410 e. The summed E-state index contributed by atoms with van der Waals surface area (Å²) in [6.45, 7) is 15.2. The van der Waals surface area contributed by atoms with Crippen LogP contribution in [0.4, 0.5) is 9.18 Å². The number of cyclic esters (lactones) is 1. The van der Waals surface area contributed by atoms with Crippen molar-refractivity contribution in [1.82, 2.24) is 14.8 Å². The van der Waals surface area contributed by atoms with E-state index >= 15 is 0 Å². The number of Topliss-reactive ketones (excluding diaryl/α,β-unsaturated/α-hetero) is 1. The number of ether oxygens (including phenoxy) is 5. The summed E-state index contributed by atoms with van der Waals surface area (Å²) in [6, 6.07) is 5.68. The lowest BCUT2D eigenvalue weighted by atomic mass is 9.73. The predicted octanol–water partition coefficient (Wildman–Crippen LogP) is 5.19. The molecule has 0 unspecified atom stereocenters. The number of hydrogen-bond donors (Lipinski definition) is 1. The van der Waals surface area contributed by atoms with Gasteiger partial charge in [-0.1, -0.05) is 51.7 Å². The number of para-hydroxylation sites is 1. The molecule has 3 saturated heterocycles. The summed E-state index contributed by atoms with van der Waals surface area (Å²) in [5.41, 5.74) is -0.886. The second kappa shape index (κ2) is 17.3. The Balaban J connectivity index is 1.43. The third-order valence-electron chi connectivity index (χ3n) is 12.7. The SMILES string of the molecule is CC[C@H]1OC(=O)[C@H](C)C(=O)[C@H](C)[C@@H](O[C@@H]2O[C@H](C)C[C@H](N(C)C)[C@H]2O)[C@@](C)(OCC#Cc2cnc3c(F)cccc3c2)C[C@@H](C)C2=NCCN3C(=O)O[C@@]1(C)[C@H]3[C@H]2C. The zero-order chi connectivity index (χ0) is 42.3. The first-order chi connectivity index (χ1) is 27.4. The molecule has 6 rings (SSSR count). The number of likely N-dealkylation sites (N-methyl/N-ethyl adjacent to an activating group) is 1. The summed E-state index contributed by atoms with van der Waals surface area (Å²) < 4.78 is 46.4. The van der Waals surface area contributed by atoms with Crippen molar-refractivity contribution < 1.29 is 47.6 Å². The molecule has 4 aliphatic rings. The number of nitrogens with zero attached hydrogens (tertiary/aromatic N) is 4. The van der Waals surface area contributed by atoms with Crippen LogP contribution in [-0.4, -0.2) is 131 Å². The van der Waals surface area contributed by atoms with Gasteiger partial charge in [0.1, 0.15) is 36.1 Å². The number of pyridine rings is 1. The van der Waals surface area contributed by atoms with Gasteiger partial charge in [-0.2, -0.15) is 0 Å². The Morgan fingerprint density at radius 3 is 2.55 bits per heavy atom. The summed E-state index contributed by atoms with van der Waals surface area (Å²) >= 11 is 0. The van der Waals surface area contributed by atoms with Gasteiger partial charge in [-0.05, 0) is 79.1 Å². The molecule has 58 heavy (non-hydrogen) atoms. The van der Waals surface area contributed by atoms with E-state index < -0.39 is 77.3 Å².